The standard InChI is InChI=1S/C23H32N2O5/c1-26-19-8-6-7-17(21(19)28-3)15-24-11-13-25(14-12-24)16-18-9-10-20(27-2)23(30-5)22(18)29-4/h6-10H,11-16H2,1-5H3/p+2. The molecule has 3 rings (SSSR count). The molecular formula is C23H34N2O5+2. The first-order chi connectivity index (χ1) is 14.6. The summed E-state index contributed by atoms with van der Waals surface area (Å²) in [6.07, 6.45) is 0. The predicted octanol–water partition coefficient (Wildman–Crippen LogP) is 0.213. The van der Waals surface area contributed by atoms with Crippen LogP contribution >= 0.6 is 0 Å². The molecule has 1 aliphatic rings. The maximum Gasteiger partial charge on any atom is 0.203 e. The van der Waals surface area contributed by atoms with E-state index in [1.807, 2.05) is 18.2 Å². The van der Waals surface area contributed by atoms with Crippen LogP contribution in [-0.2, 0) is 13.1 Å². The van der Waals surface area contributed by atoms with Gasteiger partial charge in [0, 0.05) is 0 Å². The molecule has 1 aliphatic heterocycles. The number of benzene rings is 2. The third-order valence-electron chi connectivity index (χ3n) is 5.82. The number of hydrogen-bond donors (Lipinski definition) is 2. The van der Waals surface area contributed by atoms with Crippen LogP contribution in [0.25, 0.3) is 0 Å². The highest BCUT2D eigenvalue weighted by Crippen LogP contribution is 2.39. The lowest BCUT2D eigenvalue weighted by molar-refractivity contribution is -1.02. The lowest BCUT2D eigenvalue weighted by atomic mass is 10.1. The predicted molar refractivity (Wildman–Crippen MR) is 114 cm³/mol. The zero-order chi connectivity index (χ0) is 21.5. The molecule has 0 aliphatic carbocycles. The second-order valence-electron chi connectivity index (χ2n) is 7.50. The summed E-state index contributed by atoms with van der Waals surface area (Å²) in [7, 11) is 8.35. The average Bonchev–Trinajstić information content (AvgIpc) is 2.79. The molecule has 2 aromatic carbocycles. The van der Waals surface area contributed by atoms with Crippen molar-refractivity contribution >= 4 is 0 Å². The van der Waals surface area contributed by atoms with Gasteiger partial charge in [-0.2, -0.15) is 0 Å². The lowest BCUT2D eigenvalue weighted by Gasteiger charge is -2.30. The van der Waals surface area contributed by atoms with E-state index in [-0.39, 0.29) is 0 Å². The first-order valence-corrected chi connectivity index (χ1v) is 10.3. The number of quaternary nitrogens is 2. The van der Waals surface area contributed by atoms with Crippen molar-refractivity contribution in [3.63, 3.8) is 0 Å². The highest BCUT2D eigenvalue weighted by molar-refractivity contribution is 5.55. The third kappa shape index (κ3) is 4.74. The number of methoxy groups -OCH3 is 5. The van der Waals surface area contributed by atoms with Crippen molar-refractivity contribution in [3.8, 4) is 28.7 Å². The van der Waals surface area contributed by atoms with Gasteiger partial charge in [0.15, 0.2) is 23.0 Å². The minimum absolute atomic E-state index is 0.659. The Morgan fingerprint density at radius 2 is 1.07 bits per heavy atom. The van der Waals surface area contributed by atoms with Crippen molar-refractivity contribution in [3.05, 3.63) is 41.5 Å². The third-order valence-corrected chi connectivity index (χ3v) is 5.82. The van der Waals surface area contributed by atoms with Gasteiger partial charge in [-0.3, -0.25) is 0 Å². The average molecular weight is 419 g/mol. The molecule has 0 saturated carbocycles. The van der Waals surface area contributed by atoms with E-state index in [2.05, 4.69) is 12.1 Å². The fourth-order valence-electron chi connectivity index (χ4n) is 4.24. The molecule has 2 N–H and O–H groups in total. The van der Waals surface area contributed by atoms with Crippen LogP contribution < -0.4 is 33.5 Å². The van der Waals surface area contributed by atoms with E-state index in [9.17, 15) is 0 Å². The van der Waals surface area contributed by atoms with Gasteiger partial charge in [0.05, 0.1) is 46.7 Å². The summed E-state index contributed by atoms with van der Waals surface area (Å²) in [6, 6.07) is 10.1. The van der Waals surface area contributed by atoms with Gasteiger partial charge in [-0.15, -0.1) is 0 Å². The summed E-state index contributed by atoms with van der Waals surface area (Å²) in [5.74, 6) is 3.75. The lowest BCUT2D eigenvalue weighted by Crippen LogP contribution is -3.27. The van der Waals surface area contributed by atoms with Gasteiger partial charge in [0.1, 0.15) is 39.3 Å². The van der Waals surface area contributed by atoms with Crippen molar-refractivity contribution in [1.82, 2.24) is 0 Å². The quantitative estimate of drug-likeness (QED) is 0.610. The fourth-order valence-corrected chi connectivity index (χ4v) is 4.24. The van der Waals surface area contributed by atoms with Crippen molar-refractivity contribution in [2.75, 3.05) is 61.7 Å². The first-order valence-electron chi connectivity index (χ1n) is 10.3. The molecule has 0 atom stereocenters. The van der Waals surface area contributed by atoms with Gasteiger partial charge in [-0.1, -0.05) is 6.07 Å². The Hall–Kier alpha value is -2.64. The number of hydrogen-bond acceptors (Lipinski definition) is 5. The van der Waals surface area contributed by atoms with Gasteiger partial charge in [0.25, 0.3) is 0 Å². The summed E-state index contributed by atoms with van der Waals surface area (Å²) in [5, 5.41) is 0. The van der Waals surface area contributed by atoms with Gasteiger partial charge >= 0.3 is 0 Å². The highest BCUT2D eigenvalue weighted by atomic mass is 16.5. The largest absolute Gasteiger partial charge is 0.493 e. The van der Waals surface area contributed by atoms with Crippen molar-refractivity contribution < 1.29 is 33.5 Å². The zero-order valence-corrected chi connectivity index (χ0v) is 18.7. The summed E-state index contributed by atoms with van der Waals surface area (Å²) in [6.45, 7) is 6.24. The van der Waals surface area contributed by atoms with Crippen LogP contribution in [-0.4, -0.2) is 61.7 Å². The minimum Gasteiger partial charge on any atom is -0.493 e. The van der Waals surface area contributed by atoms with Crippen LogP contribution in [0.15, 0.2) is 30.3 Å². The maximum absolute atomic E-state index is 5.65. The highest BCUT2D eigenvalue weighted by Gasteiger charge is 2.26. The second kappa shape index (κ2) is 10.4. The number of ether oxygens (including phenoxy) is 5. The molecule has 164 valence electrons. The molecule has 7 heteroatoms. The Labute approximate surface area is 179 Å². The van der Waals surface area contributed by atoms with E-state index in [1.165, 1.54) is 5.56 Å². The van der Waals surface area contributed by atoms with Gasteiger partial charge in [-0.05, 0) is 24.3 Å². The van der Waals surface area contributed by atoms with E-state index in [4.69, 9.17) is 23.7 Å². The van der Waals surface area contributed by atoms with Crippen LogP contribution in [0.3, 0.4) is 0 Å². The number of para-hydroxylation sites is 1. The Balaban J connectivity index is 1.63. The Morgan fingerprint density at radius 1 is 0.567 bits per heavy atom. The zero-order valence-electron chi connectivity index (χ0n) is 18.7. The van der Waals surface area contributed by atoms with Crippen LogP contribution in [0, 0.1) is 0 Å². The summed E-state index contributed by atoms with van der Waals surface area (Å²) in [5.41, 5.74) is 2.33. The summed E-state index contributed by atoms with van der Waals surface area (Å²) in [4.78, 5) is 3.10. The molecule has 0 aromatic heterocycles. The van der Waals surface area contributed by atoms with Crippen molar-refractivity contribution in [1.29, 1.82) is 0 Å². The van der Waals surface area contributed by atoms with Gasteiger partial charge in [-0.25, -0.2) is 0 Å². The normalized spacial score (nSPS) is 18.6. The fraction of sp³-hybridized carbons (Fsp3) is 0.478. The van der Waals surface area contributed by atoms with Crippen LogP contribution in [0.1, 0.15) is 11.1 Å². The molecular weight excluding hydrogens is 384 g/mol. The topological polar surface area (TPSA) is 55.0 Å². The van der Waals surface area contributed by atoms with E-state index >= 15 is 0 Å². The second-order valence-corrected chi connectivity index (χ2v) is 7.50. The summed E-state index contributed by atoms with van der Waals surface area (Å²) >= 11 is 0. The smallest absolute Gasteiger partial charge is 0.203 e. The van der Waals surface area contributed by atoms with E-state index in [0.29, 0.717) is 11.5 Å². The Kier molecular flexibility index (Phi) is 7.65. The first kappa shape index (κ1) is 22.1. The Morgan fingerprint density at radius 3 is 1.57 bits per heavy atom. The Bertz CT molecular complexity index is 835. The molecule has 0 radical (unpaired) electrons. The van der Waals surface area contributed by atoms with E-state index < -0.39 is 0 Å². The monoisotopic (exact) mass is 418 g/mol. The van der Waals surface area contributed by atoms with E-state index in [0.717, 1.165) is 62.1 Å². The van der Waals surface area contributed by atoms with Crippen LogP contribution in [0.5, 0.6) is 28.7 Å². The molecule has 1 saturated heterocycles. The van der Waals surface area contributed by atoms with Gasteiger partial charge in [0.2, 0.25) is 5.75 Å². The molecule has 2 aromatic rings. The van der Waals surface area contributed by atoms with Crippen LogP contribution in [0.2, 0.25) is 0 Å². The van der Waals surface area contributed by atoms with Crippen molar-refractivity contribution in [2.45, 2.75) is 13.1 Å². The summed E-state index contributed by atoms with van der Waals surface area (Å²) < 4.78 is 27.6. The number of piperazine rings is 1. The molecule has 1 fully saturated rings. The molecule has 0 amide bonds. The number of rotatable bonds is 9. The molecule has 0 bridgehead atoms. The van der Waals surface area contributed by atoms with Crippen LogP contribution in [0.4, 0.5) is 0 Å². The maximum atomic E-state index is 5.65. The molecule has 1 heterocycles. The molecule has 30 heavy (non-hydrogen) atoms. The van der Waals surface area contributed by atoms with Gasteiger partial charge < -0.3 is 33.5 Å². The number of nitrogens with one attached hydrogen (secondary N) is 2. The van der Waals surface area contributed by atoms with E-state index in [1.54, 1.807) is 45.3 Å². The van der Waals surface area contributed by atoms with Crippen molar-refractivity contribution in [2.24, 2.45) is 0 Å². The molecule has 7 nitrogen and oxygen atoms in total. The minimum atomic E-state index is 0.659. The molecule has 0 unspecified atom stereocenters. The SMILES string of the molecule is COc1cccc(C[NH+]2CC[NH+](Cc3ccc(OC)c(OC)c3OC)CC2)c1OC. The molecule has 0 spiro atoms.